The third-order valence-corrected chi connectivity index (χ3v) is 5.74. The first-order valence-electron chi connectivity index (χ1n) is 10.8. The van der Waals surface area contributed by atoms with E-state index < -0.39 is 23.9 Å². The fourth-order valence-electron chi connectivity index (χ4n) is 4.31. The summed E-state index contributed by atoms with van der Waals surface area (Å²) in [6.07, 6.45) is 5.00. The Morgan fingerprint density at radius 1 is 0.969 bits per heavy atom. The van der Waals surface area contributed by atoms with Crippen LogP contribution < -0.4 is 11.5 Å². The summed E-state index contributed by atoms with van der Waals surface area (Å²) in [6.45, 7) is 9.95. The molecule has 2 aliphatic heterocycles. The van der Waals surface area contributed by atoms with Crippen LogP contribution in [0.25, 0.3) is 0 Å². The topological polar surface area (TPSA) is 144 Å². The molecule has 0 saturated carbocycles. The number of Topliss-reactive ketones (excluding diaryl/α,β-unsaturated/α-hetero) is 1. The zero-order valence-electron chi connectivity index (χ0n) is 18.8. The molecule has 0 unspecified atom stereocenters. The normalized spacial score (nSPS) is 21.8. The standard InChI is InChI=1S/C11H18N2O3.C11H18N2O2.CH4/c1-3-9(11(12)16)13-6-8(4-7(2)14)5-10(13)15;1-3-5-8-6-10(14)13(7-8)9(4-2)11(12)15;/h8-9H,3-6H2,1-2H3,(H2,12,16);3,8-9H,1,4-7H2,2H3,(H2,12,15);1H4/t2*8-,9+;/m11./s1. The van der Waals surface area contributed by atoms with E-state index in [-0.39, 0.29) is 30.9 Å². The van der Waals surface area contributed by atoms with Crippen molar-refractivity contribution >= 4 is 29.4 Å². The highest BCUT2D eigenvalue weighted by Crippen LogP contribution is 2.25. The highest BCUT2D eigenvalue weighted by atomic mass is 16.2. The number of primary amides is 2. The van der Waals surface area contributed by atoms with Gasteiger partial charge in [-0.1, -0.05) is 27.4 Å². The molecule has 0 spiro atoms. The molecule has 4 N–H and O–H groups in total. The van der Waals surface area contributed by atoms with Gasteiger partial charge in [0.15, 0.2) is 0 Å². The summed E-state index contributed by atoms with van der Waals surface area (Å²) in [5, 5.41) is 0. The zero-order chi connectivity index (χ0) is 23.7. The van der Waals surface area contributed by atoms with Gasteiger partial charge >= 0.3 is 0 Å². The molecule has 0 aromatic rings. The fourth-order valence-corrected chi connectivity index (χ4v) is 4.31. The van der Waals surface area contributed by atoms with Gasteiger partial charge < -0.3 is 26.1 Å². The van der Waals surface area contributed by atoms with Gasteiger partial charge in [-0.3, -0.25) is 19.2 Å². The molecule has 2 aliphatic rings. The van der Waals surface area contributed by atoms with Crippen LogP contribution >= 0.6 is 0 Å². The van der Waals surface area contributed by atoms with Crippen LogP contribution in [-0.4, -0.2) is 64.4 Å². The lowest BCUT2D eigenvalue weighted by Gasteiger charge is -2.24. The molecule has 2 heterocycles. The molecule has 2 rings (SSSR count). The average Bonchev–Trinajstić information content (AvgIpc) is 3.19. The van der Waals surface area contributed by atoms with Gasteiger partial charge in [0.1, 0.15) is 17.9 Å². The van der Waals surface area contributed by atoms with Crippen molar-refractivity contribution in [1.82, 2.24) is 9.80 Å². The lowest BCUT2D eigenvalue weighted by Crippen LogP contribution is -2.45. The lowest BCUT2D eigenvalue weighted by molar-refractivity contribution is -0.136. The second-order valence-electron chi connectivity index (χ2n) is 8.32. The summed E-state index contributed by atoms with van der Waals surface area (Å²) in [5.74, 6) is -0.512. The van der Waals surface area contributed by atoms with Crippen LogP contribution in [0.15, 0.2) is 12.7 Å². The molecule has 2 fully saturated rings. The predicted octanol–water partition coefficient (Wildman–Crippen LogP) is 1.39. The van der Waals surface area contributed by atoms with Gasteiger partial charge in [-0.05, 0) is 38.0 Å². The van der Waals surface area contributed by atoms with Crippen LogP contribution in [0.4, 0.5) is 0 Å². The van der Waals surface area contributed by atoms with E-state index in [4.69, 9.17) is 11.5 Å². The van der Waals surface area contributed by atoms with Crippen molar-refractivity contribution in [2.75, 3.05) is 13.1 Å². The van der Waals surface area contributed by atoms with E-state index in [0.29, 0.717) is 51.1 Å². The van der Waals surface area contributed by atoms with E-state index in [1.807, 2.05) is 19.9 Å². The van der Waals surface area contributed by atoms with Crippen molar-refractivity contribution in [1.29, 1.82) is 0 Å². The van der Waals surface area contributed by atoms with Crippen molar-refractivity contribution in [3.63, 3.8) is 0 Å². The van der Waals surface area contributed by atoms with Crippen LogP contribution in [0.2, 0.25) is 0 Å². The summed E-state index contributed by atoms with van der Waals surface area (Å²) < 4.78 is 0. The summed E-state index contributed by atoms with van der Waals surface area (Å²) in [7, 11) is 0. The predicted molar refractivity (Wildman–Crippen MR) is 123 cm³/mol. The van der Waals surface area contributed by atoms with Gasteiger partial charge in [0.25, 0.3) is 0 Å². The van der Waals surface area contributed by atoms with E-state index in [1.165, 1.54) is 11.8 Å². The number of likely N-dealkylation sites (tertiary alicyclic amines) is 2. The van der Waals surface area contributed by atoms with Crippen LogP contribution in [-0.2, 0) is 24.0 Å². The number of amides is 4. The maximum atomic E-state index is 11.7. The minimum atomic E-state index is -0.524. The zero-order valence-corrected chi connectivity index (χ0v) is 18.8. The fraction of sp³-hybridized carbons (Fsp3) is 0.696. The van der Waals surface area contributed by atoms with E-state index in [1.54, 1.807) is 4.90 Å². The number of carbonyl (C=O) groups is 5. The number of hydrogen-bond donors (Lipinski definition) is 2. The molecular weight excluding hydrogens is 412 g/mol. The molecule has 32 heavy (non-hydrogen) atoms. The highest BCUT2D eigenvalue weighted by Gasteiger charge is 2.36. The molecule has 0 bridgehead atoms. The van der Waals surface area contributed by atoms with E-state index >= 15 is 0 Å². The number of allylic oxidation sites excluding steroid dienone is 1. The van der Waals surface area contributed by atoms with Crippen LogP contribution in [0.1, 0.15) is 66.7 Å². The maximum absolute atomic E-state index is 11.7. The Bertz CT molecular complexity index is 709. The van der Waals surface area contributed by atoms with Gasteiger partial charge in [0.2, 0.25) is 23.6 Å². The molecule has 0 aromatic heterocycles. The van der Waals surface area contributed by atoms with Crippen molar-refractivity contribution in [3.05, 3.63) is 12.7 Å². The summed E-state index contributed by atoms with van der Waals surface area (Å²) in [5.41, 5.74) is 10.5. The summed E-state index contributed by atoms with van der Waals surface area (Å²) in [4.78, 5) is 59.7. The van der Waals surface area contributed by atoms with Gasteiger partial charge in [-0.25, -0.2) is 0 Å². The van der Waals surface area contributed by atoms with Gasteiger partial charge in [0.05, 0.1) is 0 Å². The van der Waals surface area contributed by atoms with E-state index in [9.17, 15) is 24.0 Å². The van der Waals surface area contributed by atoms with Gasteiger partial charge in [0, 0.05) is 32.4 Å². The molecule has 0 aliphatic carbocycles. The minimum absolute atomic E-state index is 0. The SMILES string of the molecule is C.C=CC[C@@H]1CC(=O)N([C@@H](CC)C(N)=O)C1.CC[C@@H](C(N)=O)N1C[C@H](CC(C)=O)CC1=O. The Balaban J connectivity index is 0.000000584. The highest BCUT2D eigenvalue weighted by molar-refractivity contribution is 5.89. The van der Waals surface area contributed by atoms with Crippen LogP contribution in [0.5, 0.6) is 0 Å². The molecule has 4 atom stereocenters. The Labute approximate surface area is 191 Å². The molecule has 2 saturated heterocycles. The largest absolute Gasteiger partial charge is 0.368 e. The smallest absolute Gasteiger partial charge is 0.240 e. The van der Waals surface area contributed by atoms with Crippen LogP contribution in [0.3, 0.4) is 0 Å². The van der Waals surface area contributed by atoms with Crippen molar-refractivity contribution < 1.29 is 24.0 Å². The summed E-state index contributed by atoms with van der Waals surface area (Å²) >= 11 is 0. The maximum Gasteiger partial charge on any atom is 0.240 e. The monoisotopic (exact) mass is 452 g/mol. The minimum Gasteiger partial charge on any atom is -0.368 e. The second kappa shape index (κ2) is 13.6. The number of rotatable bonds is 10. The molecule has 0 aromatic carbocycles. The molecule has 0 radical (unpaired) electrons. The summed E-state index contributed by atoms with van der Waals surface area (Å²) in [6, 6.07) is -0.961. The van der Waals surface area contributed by atoms with Crippen molar-refractivity contribution in [3.8, 4) is 0 Å². The number of ketones is 1. The Kier molecular flexibility index (Phi) is 12.5. The average molecular weight is 453 g/mol. The van der Waals surface area contributed by atoms with Gasteiger partial charge in [-0.2, -0.15) is 0 Å². The molecule has 9 heteroatoms. The van der Waals surface area contributed by atoms with Crippen molar-refractivity contribution in [2.24, 2.45) is 23.3 Å². The molecule has 9 nitrogen and oxygen atoms in total. The third-order valence-electron chi connectivity index (χ3n) is 5.74. The molecule has 4 amide bonds. The van der Waals surface area contributed by atoms with Gasteiger partial charge in [-0.15, -0.1) is 6.58 Å². The first-order valence-corrected chi connectivity index (χ1v) is 10.8. The Morgan fingerprint density at radius 3 is 1.72 bits per heavy atom. The number of carbonyl (C=O) groups excluding carboxylic acids is 5. The number of nitrogens with two attached hydrogens (primary N) is 2. The van der Waals surface area contributed by atoms with E-state index in [2.05, 4.69) is 6.58 Å². The Hall–Kier alpha value is -2.71. The molecular formula is C23H40N4O5. The van der Waals surface area contributed by atoms with Crippen LogP contribution in [0, 0.1) is 11.8 Å². The number of hydrogen-bond acceptors (Lipinski definition) is 5. The third kappa shape index (κ3) is 8.09. The Morgan fingerprint density at radius 2 is 1.38 bits per heavy atom. The quantitative estimate of drug-likeness (QED) is 0.481. The first kappa shape index (κ1) is 29.3. The second-order valence-corrected chi connectivity index (χ2v) is 8.32. The first-order chi connectivity index (χ1) is 14.5. The lowest BCUT2D eigenvalue weighted by atomic mass is 10.0. The van der Waals surface area contributed by atoms with E-state index in [0.717, 1.165) is 6.42 Å². The molecule has 182 valence electrons. The number of nitrogens with zero attached hydrogens (tertiary/aromatic N) is 2. The van der Waals surface area contributed by atoms with Crippen molar-refractivity contribution in [2.45, 2.75) is 78.8 Å².